The Morgan fingerprint density at radius 1 is 1.39 bits per heavy atom. The minimum atomic E-state index is 0.589. The summed E-state index contributed by atoms with van der Waals surface area (Å²) < 4.78 is 0. The predicted octanol–water partition coefficient (Wildman–Crippen LogP) is 4.30. The second-order valence-electron chi connectivity index (χ2n) is 4.69. The van der Waals surface area contributed by atoms with Crippen molar-refractivity contribution in [1.82, 2.24) is 4.90 Å². The third-order valence-corrected chi connectivity index (χ3v) is 4.04. The highest BCUT2D eigenvalue weighted by Gasteiger charge is 2.22. The maximum atomic E-state index is 5.87. The van der Waals surface area contributed by atoms with Crippen LogP contribution in [0.15, 0.2) is 24.3 Å². The molecule has 2 rings (SSSR count). The molecule has 1 heterocycles. The van der Waals surface area contributed by atoms with E-state index in [-0.39, 0.29) is 0 Å². The van der Waals surface area contributed by atoms with Crippen LogP contribution < -0.4 is 5.32 Å². The number of hydrogen-bond donors (Lipinski definition) is 1. The SMILES string of the molecule is CC[C@@H]1CCCCN1C(=S)Nc1ccc(Cl)cc1. The molecule has 1 aliphatic heterocycles. The summed E-state index contributed by atoms with van der Waals surface area (Å²) in [6.45, 7) is 3.30. The zero-order valence-electron chi connectivity index (χ0n) is 10.7. The fourth-order valence-corrected chi connectivity index (χ4v) is 2.91. The van der Waals surface area contributed by atoms with Crippen LogP contribution in [0.5, 0.6) is 0 Å². The summed E-state index contributed by atoms with van der Waals surface area (Å²) in [6.07, 6.45) is 4.96. The fraction of sp³-hybridized carbons (Fsp3) is 0.500. The van der Waals surface area contributed by atoms with Gasteiger partial charge in [-0.05, 0) is 62.2 Å². The standard InChI is InChI=1S/C14H19ClN2S/c1-2-13-5-3-4-10-17(13)14(18)16-12-8-6-11(15)7-9-12/h6-9,13H,2-5,10H2,1H3,(H,16,18)/t13-/m1/s1. The average Bonchev–Trinajstić information content (AvgIpc) is 2.41. The van der Waals surface area contributed by atoms with Crippen molar-refractivity contribution in [2.45, 2.75) is 38.6 Å². The van der Waals surface area contributed by atoms with E-state index in [0.29, 0.717) is 6.04 Å². The molecule has 0 saturated carbocycles. The van der Waals surface area contributed by atoms with Gasteiger partial charge in [-0.25, -0.2) is 0 Å². The van der Waals surface area contributed by atoms with Gasteiger partial charge < -0.3 is 10.2 Å². The van der Waals surface area contributed by atoms with E-state index in [2.05, 4.69) is 17.1 Å². The lowest BCUT2D eigenvalue weighted by atomic mass is 10.0. The first-order chi connectivity index (χ1) is 8.70. The molecule has 1 atom stereocenters. The molecular formula is C14H19ClN2S. The Balaban J connectivity index is 2.00. The molecule has 2 nitrogen and oxygen atoms in total. The molecule has 0 bridgehead atoms. The van der Waals surface area contributed by atoms with Crippen LogP contribution in [0, 0.1) is 0 Å². The van der Waals surface area contributed by atoms with Gasteiger partial charge in [0.05, 0.1) is 0 Å². The lowest BCUT2D eigenvalue weighted by molar-refractivity contribution is 0.239. The normalized spacial score (nSPS) is 19.7. The Hall–Kier alpha value is -0.800. The van der Waals surface area contributed by atoms with Gasteiger partial charge in [0, 0.05) is 23.3 Å². The highest BCUT2D eigenvalue weighted by atomic mass is 35.5. The van der Waals surface area contributed by atoms with Gasteiger partial charge in [-0.3, -0.25) is 0 Å². The van der Waals surface area contributed by atoms with Crippen LogP contribution in [-0.2, 0) is 0 Å². The molecule has 1 N–H and O–H groups in total. The molecular weight excluding hydrogens is 264 g/mol. The van der Waals surface area contributed by atoms with E-state index in [4.69, 9.17) is 23.8 Å². The van der Waals surface area contributed by atoms with E-state index >= 15 is 0 Å². The summed E-state index contributed by atoms with van der Waals surface area (Å²) in [5.41, 5.74) is 1.00. The molecule has 98 valence electrons. The number of benzene rings is 1. The van der Waals surface area contributed by atoms with Gasteiger partial charge in [0.15, 0.2) is 5.11 Å². The monoisotopic (exact) mass is 282 g/mol. The summed E-state index contributed by atoms with van der Waals surface area (Å²) >= 11 is 11.4. The first-order valence-electron chi connectivity index (χ1n) is 6.54. The molecule has 0 amide bonds. The molecule has 0 unspecified atom stereocenters. The molecule has 1 saturated heterocycles. The third-order valence-electron chi connectivity index (χ3n) is 3.45. The minimum absolute atomic E-state index is 0.589. The minimum Gasteiger partial charge on any atom is -0.346 e. The van der Waals surface area contributed by atoms with Crippen LogP contribution in [0.3, 0.4) is 0 Å². The number of likely N-dealkylation sites (tertiary alicyclic amines) is 1. The molecule has 0 aromatic heterocycles. The topological polar surface area (TPSA) is 15.3 Å². The second-order valence-corrected chi connectivity index (χ2v) is 5.51. The van der Waals surface area contributed by atoms with E-state index in [9.17, 15) is 0 Å². The first kappa shape index (κ1) is 13.6. The molecule has 1 aromatic rings. The quantitative estimate of drug-likeness (QED) is 0.814. The Bertz CT molecular complexity index is 405. The summed E-state index contributed by atoms with van der Waals surface area (Å²) in [5, 5.41) is 4.88. The third kappa shape index (κ3) is 3.36. The van der Waals surface area contributed by atoms with E-state index in [0.717, 1.165) is 28.8 Å². The lowest BCUT2D eigenvalue weighted by Gasteiger charge is -2.37. The van der Waals surface area contributed by atoms with Crippen molar-refractivity contribution in [2.75, 3.05) is 11.9 Å². The van der Waals surface area contributed by atoms with Crippen LogP contribution in [-0.4, -0.2) is 22.6 Å². The molecule has 0 aliphatic carbocycles. The molecule has 0 spiro atoms. The van der Waals surface area contributed by atoms with E-state index in [1.165, 1.54) is 19.3 Å². The van der Waals surface area contributed by atoms with E-state index in [1.807, 2.05) is 24.3 Å². The Labute approximate surface area is 119 Å². The number of thiocarbonyl (C=S) groups is 1. The summed E-state index contributed by atoms with van der Waals surface area (Å²) in [7, 11) is 0. The number of anilines is 1. The fourth-order valence-electron chi connectivity index (χ4n) is 2.42. The van der Waals surface area contributed by atoms with Gasteiger partial charge in [0.1, 0.15) is 0 Å². The molecule has 0 radical (unpaired) electrons. The van der Waals surface area contributed by atoms with Crippen molar-refractivity contribution in [2.24, 2.45) is 0 Å². The van der Waals surface area contributed by atoms with Gasteiger partial charge in [-0.1, -0.05) is 18.5 Å². The molecule has 1 aliphatic rings. The molecule has 18 heavy (non-hydrogen) atoms. The van der Waals surface area contributed by atoms with Crippen LogP contribution in [0.2, 0.25) is 5.02 Å². The van der Waals surface area contributed by atoms with Crippen LogP contribution in [0.4, 0.5) is 5.69 Å². The molecule has 4 heteroatoms. The van der Waals surface area contributed by atoms with Crippen molar-refractivity contribution in [3.05, 3.63) is 29.3 Å². The van der Waals surface area contributed by atoms with Crippen LogP contribution >= 0.6 is 23.8 Å². The predicted molar refractivity (Wildman–Crippen MR) is 82.3 cm³/mol. The second kappa shape index (κ2) is 6.39. The number of nitrogens with zero attached hydrogens (tertiary/aromatic N) is 1. The zero-order valence-corrected chi connectivity index (χ0v) is 12.2. The van der Waals surface area contributed by atoms with Crippen LogP contribution in [0.25, 0.3) is 0 Å². The molecule has 1 fully saturated rings. The Kier molecular flexibility index (Phi) is 4.84. The van der Waals surface area contributed by atoms with Crippen molar-refractivity contribution >= 4 is 34.6 Å². The number of halogens is 1. The van der Waals surface area contributed by atoms with Crippen molar-refractivity contribution in [3.63, 3.8) is 0 Å². The average molecular weight is 283 g/mol. The highest BCUT2D eigenvalue weighted by Crippen LogP contribution is 2.21. The van der Waals surface area contributed by atoms with Gasteiger partial charge in [0.25, 0.3) is 0 Å². The van der Waals surface area contributed by atoms with Gasteiger partial charge >= 0.3 is 0 Å². The number of piperidine rings is 1. The lowest BCUT2D eigenvalue weighted by Crippen LogP contribution is -2.45. The van der Waals surface area contributed by atoms with E-state index < -0.39 is 0 Å². The van der Waals surface area contributed by atoms with Crippen molar-refractivity contribution < 1.29 is 0 Å². The first-order valence-corrected chi connectivity index (χ1v) is 7.32. The maximum Gasteiger partial charge on any atom is 0.173 e. The van der Waals surface area contributed by atoms with Gasteiger partial charge in [-0.15, -0.1) is 0 Å². The van der Waals surface area contributed by atoms with Crippen molar-refractivity contribution in [1.29, 1.82) is 0 Å². The number of hydrogen-bond acceptors (Lipinski definition) is 1. The number of nitrogens with one attached hydrogen (secondary N) is 1. The summed E-state index contributed by atoms with van der Waals surface area (Å²) in [6, 6.07) is 8.25. The number of rotatable bonds is 2. The molecule has 1 aromatic carbocycles. The Morgan fingerprint density at radius 2 is 2.11 bits per heavy atom. The van der Waals surface area contributed by atoms with Gasteiger partial charge in [0.2, 0.25) is 0 Å². The highest BCUT2D eigenvalue weighted by molar-refractivity contribution is 7.80. The van der Waals surface area contributed by atoms with Gasteiger partial charge in [-0.2, -0.15) is 0 Å². The van der Waals surface area contributed by atoms with E-state index in [1.54, 1.807) is 0 Å². The van der Waals surface area contributed by atoms with Crippen molar-refractivity contribution in [3.8, 4) is 0 Å². The maximum absolute atomic E-state index is 5.87. The summed E-state index contributed by atoms with van der Waals surface area (Å²) in [5.74, 6) is 0. The smallest absolute Gasteiger partial charge is 0.173 e. The summed E-state index contributed by atoms with van der Waals surface area (Å²) in [4.78, 5) is 2.33. The zero-order chi connectivity index (χ0) is 13.0. The van der Waals surface area contributed by atoms with Crippen LogP contribution in [0.1, 0.15) is 32.6 Å². The Morgan fingerprint density at radius 3 is 2.78 bits per heavy atom. The largest absolute Gasteiger partial charge is 0.346 e.